The fourth-order valence-electron chi connectivity index (χ4n) is 2.08. The van der Waals surface area contributed by atoms with Crippen LogP contribution in [0.1, 0.15) is 25.3 Å². The summed E-state index contributed by atoms with van der Waals surface area (Å²) in [6.07, 6.45) is 2.60. The third kappa shape index (κ3) is 4.49. The molecule has 3 heteroatoms. The topological polar surface area (TPSA) is 29.5 Å². The molecule has 3 nitrogen and oxygen atoms in total. The number of benzene rings is 1. The average molecular weight is 247 g/mol. The molecule has 0 atom stereocenters. The summed E-state index contributed by atoms with van der Waals surface area (Å²) in [7, 11) is 0. The molecule has 18 heavy (non-hydrogen) atoms. The fraction of sp³-hybridized carbons (Fsp3) is 0.533. The molecule has 0 aliphatic heterocycles. The molecular formula is C15H21NO2. The molecule has 0 amide bonds. The van der Waals surface area contributed by atoms with Crippen molar-refractivity contribution >= 4 is 5.97 Å². The Hall–Kier alpha value is -1.35. The number of carbonyl (C=O) groups is 1. The van der Waals surface area contributed by atoms with Crippen LogP contribution in [0.4, 0.5) is 0 Å². The minimum absolute atomic E-state index is 0.117. The van der Waals surface area contributed by atoms with Gasteiger partial charge in [-0.25, -0.2) is 0 Å². The number of rotatable bonds is 7. The van der Waals surface area contributed by atoms with E-state index in [4.69, 9.17) is 4.74 Å². The van der Waals surface area contributed by atoms with Crippen LogP contribution < -0.4 is 0 Å². The lowest BCUT2D eigenvalue weighted by molar-refractivity contribution is -0.144. The molecule has 0 unspecified atom stereocenters. The van der Waals surface area contributed by atoms with Gasteiger partial charge in [0, 0.05) is 13.1 Å². The summed E-state index contributed by atoms with van der Waals surface area (Å²) in [5.41, 5.74) is 1.25. The predicted octanol–water partition coefficient (Wildman–Crippen LogP) is 2.46. The highest BCUT2D eigenvalue weighted by atomic mass is 16.5. The van der Waals surface area contributed by atoms with Gasteiger partial charge in [0.15, 0.2) is 0 Å². The summed E-state index contributed by atoms with van der Waals surface area (Å²) in [5.74, 6) is 0.664. The van der Waals surface area contributed by atoms with Crippen molar-refractivity contribution in [3.05, 3.63) is 35.9 Å². The van der Waals surface area contributed by atoms with Crippen LogP contribution in [0.15, 0.2) is 30.3 Å². The Morgan fingerprint density at radius 1 is 1.33 bits per heavy atom. The summed E-state index contributed by atoms with van der Waals surface area (Å²) in [4.78, 5) is 13.8. The van der Waals surface area contributed by atoms with Crippen LogP contribution in [-0.2, 0) is 16.1 Å². The quantitative estimate of drug-likeness (QED) is 0.693. The Morgan fingerprint density at radius 2 is 2.06 bits per heavy atom. The molecule has 1 aromatic carbocycles. The molecule has 1 aliphatic rings. The van der Waals surface area contributed by atoms with Gasteiger partial charge in [-0.15, -0.1) is 0 Å². The van der Waals surface area contributed by atoms with Gasteiger partial charge in [-0.1, -0.05) is 30.3 Å². The molecule has 0 aromatic heterocycles. The summed E-state index contributed by atoms with van der Waals surface area (Å²) in [6, 6.07) is 10.3. The van der Waals surface area contributed by atoms with Gasteiger partial charge in [0.25, 0.3) is 0 Å². The second-order valence-electron chi connectivity index (χ2n) is 4.90. The molecule has 2 rings (SSSR count). The lowest BCUT2D eigenvalue weighted by Gasteiger charge is -2.21. The zero-order chi connectivity index (χ0) is 12.8. The maximum Gasteiger partial charge on any atom is 0.320 e. The van der Waals surface area contributed by atoms with Crippen LogP contribution in [-0.4, -0.2) is 30.6 Å². The number of nitrogens with zero attached hydrogens (tertiary/aromatic N) is 1. The predicted molar refractivity (Wildman–Crippen MR) is 71.1 cm³/mol. The Balaban J connectivity index is 1.89. The van der Waals surface area contributed by atoms with Crippen molar-refractivity contribution in [3.8, 4) is 0 Å². The molecule has 1 saturated carbocycles. The lowest BCUT2D eigenvalue weighted by Crippen LogP contribution is -2.32. The van der Waals surface area contributed by atoms with E-state index in [1.807, 2.05) is 25.1 Å². The molecular weight excluding hydrogens is 226 g/mol. The van der Waals surface area contributed by atoms with Crippen LogP contribution in [0.3, 0.4) is 0 Å². The number of hydrogen-bond acceptors (Lipinski definition) is 3. The SMILES string of the molecule is CCOC(=O)CN(Cc1ccccc1)CC1CC1. The van der Waals surface area contributed by atoms with Crippen molar-refractivity contribution in [2.45, 2.75) is 26.3 Å². The van der Waals surface area contributed by atoms with E-state index >= 15 is 0 Å². The highest BCUT2D eigenvalue weighted by Crippen LogP contribution is 2.30. The van der Waals surface area contributed by atoms with Crippen molar-refractivity contribution in [2.24, 2.45) is 5.92 Å². The molecule has 1 aliphatic carbocycles. The van der Waals surface area contributed by atoms with Crippen LogP contribution >= 0.6 is 0 Å². The third-order valence-corrected chi connectivity index (χ3v) is 3.12. The summed E-state index contributed by atoms with van der Waals surface area (Å²) in [5, 5.41) is 0. The van der Waals surface area contributed by atoms with E-state index in [2.05, 4.69) is 17.0 Å². The highest BCUT2D eigenvalue weighted by Gasteiger charge is 2.25. The van der Waals surface area contributed by atoms with Gasteiger partial charge in [-0.2, -0.15) is 0 Å². The van der Waals surface area contributed by atoms with E-state index in [1.54, 1.807) is 0 Å². The van der Waals surface area contributed by atoms with E-state index in [9.17, 15) is 4.79 Å². The largest absolute Gasteiger partial charge is 0.465 e. The lowest BCUT2D eigenvalue weighted by atomic mass is 10.2. The van der Waals surface area contributed by atoms with Crippen LogP contribution in [0.2, 0.25) is 0 Å². The van der Waals surface area contributed by atoms with Crippen LogP contribution in [0, 0.1) is 5.92 Å². The fourth-order valence-corrected chi connectivity index (χ4v) is 2.08. The minimum Gasteiger partial charge on any atom is -0.465 e. The molecule has 1 fully saturated rings. The van der Waals surface area contributed by atoms with Crippen molar-refractivity contribution in [3.63, 3.8) is 0 Å². The van der Waals surface area contributed by atoms with Gasteiger partial charge in [-0.3, -0.25) is 9.69 Å². The first kappa shape index (κ1) is 13.1. The van der Waals surface area contributed by atoms with E-state index < -0.39 is 0 Å². The van der Waals surface area contributed by atoms with Crippen LogP contribution in [0.5, 0.6) is 0 Å². The first-order chi connectivity index (χ1) is 8.78. The van der Waals surface area contributed by atoms with E-state index in [-0.39, 0.29) is 5.97 Å². The molecule has 1 aromatic rings. The number of hydrogen-bond donors (Lipinski definition) is 0. The summed E-state index contributed by atoms with van der Waals surface area (Å²) >= 11 is 0. The summed E-state index contributed by atoms with van der Waals surface area (Å²) < 4.78 is 5.03. The van der Waals surface area contributed by atoms with Crippen molar-refractivity contribution < 1.29 is 9.53 Å². The van der Waals surface area contributed by atoms with E-state index in [0.717, 1.165) is 19.0 Å². The molecule has 0 spiro atoms. The van der Waals surface area contributed by atoms with Gasteiger partial charge in [0.2, 0.25) is 0 Å². The summed E-state index contributed by atoms with van der Waals surface area (Å²) in [6.45, 7) is 4.55. The number of esters is 1. The van der Waals surface area contributed by atoms with Gasteiger partial charge in [-0.05, 0) is 31.2 Å². The van der Waals surface area contributed by atoms with Crippen molar-refractivity contribution in [2.75, 3.05) is 19.7 Å². The first-order valence-corrected chi connectivity index (χ1v) is 6.70. The van der Waals surface area contributed by atoms with Gasteiger partial charge < -0.3 is 4.74 Å². The van der Waals surface area contributed by atoms with Gasteiger partial charge in [0.1, 0.15) is 0 Å². The Kier molecular flexibility index (Phi) is 4.76. The van der Waals surface area contributed by atoms with Crippen molar-refractivity contribution in [1.29, 1.82) is 0 Å². The van der Waals surface area contributed by atoms with E-state index in [1.165, 1.54) is 18.4 Å². The average Bonchev–Trinajstić information content (AvgIpc) is 3.14. The molecule has 0 bridgehead atoms. The van der Waals surface area contributed by atoms with E-state index in [0.29, 0.717) is 13.2 Å². The standard InChI is InChI=1S/C15H21NO2/c1-2-18-15(17)12-16(11-14-8-9-14)10-13-6-4-3-5-7-13/h3-7,14H,2,8-12H2,1H3. The van der Waals surface area contributed by atoms with Gasteiger partial charge in [0.05, 0.1) is 13.2 Å². The normalized spacial score (nSPS) is 14.8. The molecule has 0 radical (unpaired) electrons. The second-order valence-corrected chi connectivity index (χ2v) is 4.90. The van der Waals surface area contributed by atoms with Crippen LogP contribution in [0.25, 0.3) is 0 Å². The maximum atomic E-state index is 11.6. The first-order valence-electron chi connectivity index (χ1n) is 6.70. The minimum atomic E-state index is -0.117. The Morgan fingerprint density at radius 3 is 2.67 bits per heavy atom. The smallest absolute Gasteiger partial charge is 0.320 e. The number of carbonyl (C=O) groups excluding carboxylic acids is 1. The zero-order valence-corrected chi connectivity index (χ0v) is 11.0. The highest BCUT2D eigenvalue weighted by molar-refractivity contribution is 5.71. The monoisotopic (exact) mass is 247 g/mol. The zero-order valence-electron chi connectivity index (χ0n) is 11.0. The number of ether oxygens (including phenoxy) is 1. The molecule has 0 saturated heterocycles. The Labute approximate surface area is 109 Å². The third-order valence-electron chi connectivity index (χ3n) is 3.12. The molecule has 0 N–H and O–H groups in total. The Bertz CT molecular complexity index is 373. The van der Waals surface area contributed by atoms with Gasteiger partial charge >= 0.3 is 5.97 Å². The second kappa shape index (κ2) is 6.55. The molecule has 98 valence electrons. The van der Waals surface area contributed by atoms with Crippen molar-refractivity contribution in [1.82, 2.24) is 4.90 Å². The maximum absolute atomic E-state index is 11.6. The molecule has 0 heterocycles.